The quantitative estimate of drug-likeness (QED) is 0.475. The van der Waals surface area contributed by atoms with Crippen LogP contribution >= 0.6 is 23.2 Å². The first-order valence-electron chi connectivity index (χ1n) is 9.15. The highest BCUT2D eigenvalue weighted by Gasteiger charge is 2.62. The Labute approximate surface area is 177 Å². The van der Waals surface area contributed by atoms with E-state index < -0.39 is 15.8 Å². The summed E-state index contributed by atoms with van der Waals surface area (Å²) in [7, 11) is -3.74. The molecule has 1 aromatic heterocycles. The van der Waals surface area contributed by atoms with E-state index in [0.717, 1.165) is 16.5 Å². The molecule has 0 aliphatic heterocycles. The number of halogens is 2. The Morgan fingerprint density at radius 1 is 1.14 bits per heavy atom. The van der Waals surface area contributed by atoms with Gasteiger partial charge in [0, 0.05) is 21.5 Å². The highest BCUT2D eigenvalue weighted by Crippen LogP contribution is 2.60. The van der Waals surface area contributed by atoms with Gasteiger partial charge in [-0.25, -0.2) is 0 Å². The van der Waals surface area contributed by atoms with Gasteiger partial charge in [0.15, 0.2) is 0 Å². The summed E-state index contributed by atoms with van der Waals surface area (Å²) in [6.07, 6.45) is 2.60. The molecule has 2 fully saturated rings. The molecule has 2 aliphatic carbocycles. The highest BCUT2D eigenvalue weighted by atomic mass is 35.5. The van der Waals surface area contributed by atoms with Crippen molar-refractivity contribution in [2.24, 2.45) is 11.8 Å². The first-order valence-corrected chi connectivity index (χ1v) is 11.4. The molecule has 10 heteroatoms. The summed E-state index contributed by atoms with van der Waals surface area (Å²) in [5, 5.41) is 20.0. The van der Waals surface area contributed by atoms with Crippen molar-refractivity contribution in [1.29, 1.82) is 0 Å². The Bertz CT molecular complexity index is 1200. The van der Waals surface area contributed by atoms with E-state index in [0.29, 0.717) is 28.6 Å². The van der Waals surface area contributed by atoms with E-state index in [1.165, 1.54) is 0 Å². The molecule has 2 saturated carbocycles. The minimum atomic E-state index is -3.74. The maximum Gasteiger partial charge on any atom is 0.299 e. The van der Waals surface area contributed by atoms with Gasteiger partial charge >= 0.3 is 0 Å². The Morgan fingerprint density at radius 2 is 1.90 bits per heavy atom. The van der Waals surface area contributed by atoms with E-state index in [-0.39, 0.29) is 17.9 Å². The van der Waals surface area contributed by atoms with Gasteiger partial charge in [-0.15, -0.1) is 0 Å². The lowest BCUT2D eigenvalue weighted by Crippen LogP contribution is -2.36. The largest absolute Gasteiger partial charge is 0.385 e. The second-order valence-corrected chi connectivity index (χ2v) is 10.1. The number of benzene rings is 2. The van der Waals surface area contributed by atoms with Crippen LogP contribution in [0, 0.1) is 11.8 Å². The van der Waals surface area contributed by atoms with Crippen LogP contribution in [-0.4, -0.2) is 29.8 Å². The predicted octanol–water partition coefficient (Wildman–Crippen LogP) is 3.41. The van der Waals surface area contributed by atoms with Crippen molar-refractivity contribution in [3.8, 4) is 0 Å². The van der Waals surface area contributed by atoms with Crippen molar-refractivity contribution >= 4 is 50.0 Å². The number of fused-ring (bicyclic) bond motifs is 2. The fraction of sp³-hybridized carbons (Fsp3) is 0.316. The van der Waals surface area contributed by atoms with Crippen LogP contribution in [0.2, 0.25) is 10.0 Å². The summed E-state index contributed by atoms with van der Waals surface area (Å²) >= 11 is 12.1. The molecule has 2 aromatic carbocycles. The van der Waals surface area contributed by atoms with Gasteiger partial charge in [-0.1, -0.05) is 29.3 Å². The van der Waals surface area contributed by atoms with E-state index in [1.807, 2.05) is 0 Å². The Morgan fingerprint density at radius 3 is 2.62 bits per heavy atom. The molecule has 4 N–H and O–H groups in total. The molecule has 29 heavy (non-hydrogen) atoms. The van der Waals surface area contributed by atoms with Gasteiger partial charge < -0.3 is 5.11 Å². The zero-order chi connectivity index (χ0) is 20.4. The number of hydrogen-bond donors (Lipinski definition) is 4. The molecular weight excluding hydrogens is 435 g/mol. The second-order valence-electron chi connectivity index (χ2n) is 7.81. The predicted molar refractivity (Wildman–Crippen MR) is 112 cm³/mol. The molecule has 2 aliphatic rings. The average Bonchev–Trinajstić information content (AvgIpc) is 3.02. The molecule has 2 unspecified atom stereocenters. The second kappa shape index (κ2) is 6.58. The molecule has 1 heterocycles. The van der Waals surface area contributed by atoms with Gasteiger partial charge in [-0.2, -0.15) is 18.2 Å². The van der Waals surface area contributed by atoms with Crippen molar-refractivity contribution in [2.45, 2.75) is 24.5 Å². The van der Waals surface area contributed by atoms with Crippen molar-refractivity contribution in [2.75, 3.05) is 4.72 Å². The van der Waals surface area contributed by atoms with Crippen LogP contribution in [0.3, 0.4) is 0 Å². The highest BCUT2D eigenvalue weighted by molar-refractivity contribution is 7.90. The van der Waals surface area contributed by atoms with Gasteiger partial charge in [0.25, 0.3) is 10.2 Å². The Kier molecular flexibility index (Phi) is 4.34. The van der Waals surface area contributed by atoms with Crippen molar-refractivity contribution in [3.63, 3.8) is 0 Å². The standard InChI is InChI=1S/C19H18Cl2N4O3S/c20-10-2-1-3-12(4-10)24-29(27,28)25-18-13-7-19(26,8-14(13)18)16-5-11(21)6-17-15(16)9-22-23-17/h1-6,9,13-14,18,24-26H,7-8H2,(H,22,23)/t13-,14+,18?,19?. The number of hydrogen-bond acceptors (Lipinski definition) is 4. The summed E-state index contributed by atoms with van der Waals surface area (Å²) in [6, 6.07) is 9.86. The van der Waals surface area contributed by atoms with Crippen molar-refractivity contribution in [1.82, 2.24) is 14.9 Å². The van der Waals surface area contributed by atoms with Gasteiger partial charge in [0.1, 0.15) is 0 Å². The molecule has 0 saturated heterocycles. The average molecular weight is 453 g/mol. The van der Waals surface area contributed by atoms with E-state index in [1.54, 1.807) is 42.6 Å². The number of rotatable bonds is 5. The summed E-state index contributed by atoms with van der Waals surface area (Å²) < 4.78 is 30.1. The molecule has 3 aromatic rings. The van der Waals surface area contributed by atoms with Crippen molar-refractivity contribution < 1.29 is 13.5 Å². The summed E-state index contributed by atoms with van der Waals surface area (Å²) in [4.78, 5) is 0. The van der Waals surface area contributed by atoms with E-state index in [9.17, 15) is 13.5 Å². The maximum atomic E-state index is 12.5. The first kappa shape index (κ1) is 19.1. The normalized spacial score (nSPS) is 28.4. The SMILES string of the molecule is O=S(=O)(Nc1cccc(Cl)c1)NC1[C@H]2CC(O)(c3cc(Cl)cc4[nH]ncc34)C[C@@H]12. The number of nitrogens with zero attached hydrogens (tertiary/aromatic N) is 1. The van der Waals surface area contributed by atoms with E-state index in [4.69, 9.17) is 23.2 Å². The number of aliphatic hydroxyl groups is 1. The van der Waals surface area contributed by atoms with Crippen LogP contribution in [-0.2, 0) is 15.8 Å². The van der Waals surface area contributed by atoms with Crippen LogP contribution in [0.5, 0.6) is 0 Å². The zero-order valence-electron chi connectivity index (χ0n) is 15.1. The third-order valence-electron chi connectivity index (χ3n) is 5.87. The van der Waals surface area contributed by atoms with Crippen molar-refractivity contribution in [3.05, 3.63) is 58.2 Å². The third-order valence-corrected chi connectivity index (χ3v) is 7.41. The fourth-order valence-corrected chi connectivity index (χ4v) is 6.19. The molecule has 0 radical (unpaired) electrons. The minimum absolute atomic E-state index is 0.0665. The Hall–Kier alpha value is -1.84. The monoisotopic (exact) mass is 452 g/mol. The van der Waals surface area contributed by atoms with Crippen LogP contribution in [0.4, 0.5) is 5.69 Å². The summed E-state index contributed by atoms with van der Waals surface area (Å²) in [5.74, 6) is 0.133. The number of aromatic nitrogens is 2. The molecule has 5 rings (SSSR count). The molecule has 0 spiro atoms. The van der Waals surface area contributed by atoms with Crippen LogP contribution in [0.1, 0.15) is 18.4 Å². The third kappa shape index (κ3) is 3.49. The van der Waals surface area contributed by atoms with Gasteiger partial charge in [0.05, 0.1) is 23.0 Å². The molecular formula is C19H18Cl2N4O3S. The van der Waals surface area contributed by atoms with E-state index in [2.05, 4.69) is 19.6 Å². The number of H-pyrrole nitrogens is 1. The molecule has 152 valence electrons. The van der Waals surface area contributed by atoms with Crippen LogP contribution < -0.4 is 9.44 Å². The summed E-state index contributed by atoms with van der Waals surface area (Å²) in [5.41, 5.74) is 0.850. The van der Waals surface area contributed by atoms with Gasteiger partial charge in [0.2, 0.25) is 0 Å². The topological polar surface area (TPSA) is 107 Å². The molecule has 0 bridgehead atoms. The molecule has 4 atom stereocenters. The minimum Gasteiger partial charge on any atom is -0.385 e. The van der Waals surface area contributed by atoms with E-state index >= 15 is 0 Å². The zero-order valence-corrected chi connectivity index (χ0v) is 17.4. The van der Waals surface area contributed by atoms with Crippen LogP contribution in [0.25, 0.3) is 10.9 Å². The molecule has 0 amide bonds. The fourth-order valence-electron chi connectivity index (χ4n) is 4.58. The van der Waals surface area contributed by atoms with Gasteiger partial charge in [-0.05, 0) is 60.6 Å². The van der Waals surface area contributed by atoms with Crippen LogP contribution in [0.15, 0.2) is 42.6 Å². The first-order chi connectivity index (χ1) is 13.7. The lowest BCUT2D eigenvalue weighted by molar-refractivity contribution is 0.0303. The number of nitrogens with one attached hydrogen (secondary N) is 3. The lowest BCUT2D eigenvalue weighted by atomic mass is 9.86. The maximum absolute atomic E-state index is 12.5. The summed E-state index contributed by atoms with van der Waals surface area (Å²) in [6.45, 7) is 0. The smallest absolute Gasteiger partial charge is 0.299 e. The Balaban J connectivity index is 1.30. The number of anilines is 1. The number of aromatic amines is 1. The molecule has 7 nitrogen and oxygen atoms in total. The van der Waals surface area contributed by atoms with Gasteiger partial charge in [-0.3, -0.25) is 9.82 Å². The lowest BCUT2D eigenvalue weighted by Gasteiger charge is -2.27.